The molecule has 0 aliphatic rings. The molecule has 0 saturated carbocycles. The van der Waals surface area contributed by atoms with Crippen LogP contribution in [-0.4, -0.2) is 13.2 Å². The summed E-state index contributed by atoms with van der Waals surface area (Å²) >= 11 is 5.72. The Kier molecular flexibility index (Phi) is 5.17. The van der Waals surface area contributed by atoms with Crippen molar-refractivity contribution >= 4 is 35.8 Å². The van der Waals surface area contributed by atoms with Crippen LogP contribution in [0.4, 0.5) is 0 Å². The molecule has 0 atom stereocenters. The van der Waals surface area contributed by atoms with Gasteiger partial charge in [0.25, 0.3) is 0 Å². The maximum atomic E-state index is 11.0. The van der Waals surface area contributed by atoms with Crippen LogP contribution in [0.5, 0.6) is 5.75 Å². The zero-order valence-electron chi connectivity index (χ0n) is 7.23. The molecule has 1 aromatic carbocycles. The Morgan fingerprint density at radius 2 is 1.79 bits per heavy atom. The summed E-state index contributed by atoms with van der Waals surface area (Å²) in [6.07, 6.45) is 0. The first-order valence-electron chi connectivity index (χ1n) is 3.90. The zero-order valence-corrected chi connectivity index (χ0v) is 11.3. The van der Waals surface area contributed by atoms with Gasteiger partial charge in [0, 0.05) is 31.0 Å². The van der Waals surface area contributed by atoms with Crippen molar-refractivity contribution in [3.8, 4) is 5.75 Å². The first-order chi connectivity index (χ1) is 6.58. The highest BCUT2D eigenvalue weighted by molar-refractivity contribution is 9.70. The standard InChI is InChI=1S/C8H9Br2O3P/c9-14(10,11)13-7-6-12-8-4-2-1-3-5-8/h1-5H,6-7H2. The van der Waals surface area contributed by atoms with Gasteiger partial charge in [-0.15, -0.1) is 0 Å². The lowest BCUT2D eigenvalue weighted by molar-refractivity contribution is 0.227. The Morgan fingerprint density at radius 1 is 1.14 bits per heavy atom. The third kappa shape index (κ3) is 5.81. The molecule has 1 rings (SSSR count). The van der Waals surface area contributed by atoms with Crippen LogP contribution in [0.1, 0.15) is 0 Å². The summed E-state index contributed by atoms with van der Waals surface area (Å²) in [5, 5.41) is 0. The van der Waals surface area contributed by atoms with Crippen molar-refractivity contribution in [2.75, 3.05) is 13.2 Å². The van der Waals surface area contributed by atoms with Crippen LogP contribution in [0.25, 0.3) is 0 Å². The van der Waals surface area contributed by atoms with E-state index in [1.54, 1.807) is 0 Å². The van der Waals surface area contributed by atoms with Gasteiger partial charge in [-0.3, -0.25) is 4.57 Å². The van der Waals surface area contributed by atoms with Gasteiger partial charge < -0.3 is 9.26 Å². The van der Waals surface area contributed by atoms with Gasteiger partial charge in [-0.25, -0.2) is 0 Å². The minimum Gasteiger partial charge on any atom is -0.491 e. The summed E-state index contributed by atoms with van der Waals surface area (Å²) in [6, 6.07) is 9.38. The van der Waals surface area contributed by atoms with E-state index in [4.69, 9.17) is 9.26 Å². The molecule has 0 spiro atoms. The molecule has 3 nitrogen and oxygen atoms in total. The van der Waals surface area contributed by atoms with E-state index < -0.39 is 4.77 Å². The first-order valence-corrected chi connectivity index (χ1v) is 9.56. The van der Waals surface area contributed by atoms with Gasteiger partial charge in [0.05, 0.1) is 6.61 Å². The molecule has 0 unspecified atom stereocenters. The average Bonchev–Trinajstić information content (AvgIpc) is 2.13. The molecule has 0 heterocycles. The largest absolute Gasteiger partial charge is 0.491 e. The van der Waals surface area contributed by atoms with E-state index in [0.717, 1.165) is 5.75 Å². The van der Waals surface area contributed by atoms with E-state index in [9.17, 15) is 4.57 Å². The highest BCUT2D eigenvalue weighted by Crippen LogP contribution is 2.62. The number of hydrogen-bond donors (Lipinski definition) is 0. The van der Waals surface area contributed by atoms with Gasteiger partial charge in [0.15, 0.2) is 0 Å². The third-order valence-corrected chi connectivity index (χ3v) is 3.05. The number of hydrogen-bond acceptors (Lipinski definition) is 3. The lowest BCUT2D eigenvalue weighted by Gasteiger charge is -2.07. The van der Waals surface area contributed by atoms with Crippen molar-refractivity contribution in [1.29, 1.82) is 0 Å². The lowest BCUT2D eigenvalue weighted by atomic mass is 10.3. The number of halogens is 2. The van der Waals surface area contributed by atoms with Gasteiger partial charge in [0.1, 0.15) is 12.4 Å². The normalized spacial score (nSPS) is 11.3. The number of ether oxygens (including phenoxy) is 1. The quantitative estimate of drug-likeness (QED) is 0.599. The Balaban J connectivity index is 2.20. The summed E-state index contributed by atoms with van der Waals surface area (Å²) in [5.41, 5.74) is 0. The van der Waals surface area contributed by atoms with E-state index in [1.165, 1.54) is 0 Å². The van der Waals surface area contributed by atoms with Crippen LogP contribution in [0, 0.1) is 0 Å². The van der Waals surface area contributed by atoms with E-state index in [1.807, 2.05) is 30.3 Å². The van der Waals surface area contributed by atoms with Crippen LogP contribution in [-0.2, 0) is 9.09 Å². The molecule has 0 radical (unpaired) electrons. The molecule has 0 bridgehead atoms. The van der Waals surface area contributed by atoms with Crippen LogP contribution in [0.15, 0.2) is 30.3 Å². The summed E-state index contributed by atoms with van der Waals surface area (Å²) in [4.78, 5) is 0. The highest BCUT2D eigenvalue weighted by Gasteiger charge is 2.11. The SMILES string of the molecule is O=P(Br)(Br)OCCOc1ccccc1. The summed E-state index contributed by atoms with van der Waals surface area (Å²) in [6.45, 7) is 0.633. The number of rotatable bonds is 5. The summed E-state index contributed by atoms with van der Waals surface area (Å²) < 4.78 is 18.5. The van der Waals surface area contributed by atoms with Gasteiger partial charge in [0.2, 0.25) is 0 Å². The number of benzene rings is 1. The third-order valence-electron chi connectivity index (χ3n) is 1.34. The van der Waals surface area contributed by atoms with Crippen molar-refractivity contribution < 1.29 is 13.8 Å². The molecule has 6 heteroatoms. The smallest absolute Gasteiger partial charge is 0.328 e. The van der Waals surface area contributed by atoms with Gasteiger partial charge in [-0.1, -0.05) is 18.2 Å². The van der Waals surface area contributed by atoms with Crippen molar-refractivity contribution in [3.05, 3.63) is 30.3 Å². The van der Waals surface area contributed by atoms with E-state index >= 15 is 0 Å². The molecule has 78 valence electrons. The molecule has 0 aliphatic carbocycles. The molecule has 0 amide bonds. The molecule has 0 N–H and O–H groups in total. The van der Waals surface area contributed by atoms with Crippen molar-refractivity contribution in [1.82, 2.24) is 0 Å². The molecule has 14 heavy (non-hydrogen) atoms. The predicted octanol–water partition coefficient (Wildman–Crippen LogP) is 3.98. The molecular weight excluding hydrogens is 335 g/mol. The Hall–Kier alpha value is 0.170. The van der Waals surface area contributed by atoms with Crippen molar-refractivity contribution in [2.24, 2.45) is 0 Å². The second-order valence-corrected chi connectivity index (χ2v) is 12.0. The Labute approximate surface area is 98.7 Å². The fourth-order valence-corrected chi connectivity index (χ4v) is 1.98. The monoisotopic (exact) mass is 342 g/mol. The molecule has 0 fully saturated rings. The number of para-hydroxylation sites is 1. The lowest BCUT2D eigenvalue weighted by Crippen LogP contribution is -2.03. The van der Waals surface area contributed by atoms with E-state index in [2.05, 4.69) is 31.0 Å². The average molecular weight is 344 g/mol. The van der Waals surface area contributed by atoms with Crippen LogP contribution in [0.2, 0.25) is 0 Å². The molecule has 1 aromatic rings. The fourth-order valence-electron chi connectivity index (χ4n) is 0.820. The predicted molar refractivity (Wildman–Crippen MR) is 63.3 cm³/mol. The molecular formula is C8H9Br2O3P. The fraction of sp³-hybridized carbons (Fsp3) is 0.250. The highest BCUT2D eigenvalue weighted by atomic mass is 79.9. The van der Waals surface area contributed by atoms with Crippen molar-refractivity contribution in [3.63, 3.8) is 0 Å². The Bertz CT molecular complexity index is 312. The van der Waals surface area contributed by atoms with E-state index in [0.29, 0.717) is 6.61 Å². The first kappa shape index (κ1) is 12.2. The summed E-state index contributed by atoms with van der Waals surface area (Å²) in [5.74, 6) is 0.773. The maximum Gasteiger partial charge on any atom is 0.328 e. The van der Waals surface area contributed by atoms with Gasteiger partial charge >= 0.3 is 4.77 Å². The molecule has 0 aliphatic heterocycles. The topological polar surface area (TPSA) is 35.5 Å². The molecule has 0 aromatic heterocycles. The maximum absolute atomic E-state index is 11.0. The van der Waals surface area contributed by atoms with E-state index in [-0.39, 0.29) is 6.61 Å². The minimum atomic E-state index is -2.74. The van der Waals surface area contributed by atoms with Gasteiger partial charge in [-0.05, 0) is 12.1 Å². The minimum absolute atomic E-state index is 0.267. The second-order valence-electron chi connectivity index (χ2n) is 2.41. The van der Waals surface area contributed by atoms with Gasteiger partial charge in [-0.2, -0.15) is 0 Å². The van der Waals surface area contributed by atoms with Crippen molar-refractivity contribution in [2.45, 2.75) is 0 Å². The van der Waals surface area contributed by atoms with Crippen LogP contribution < -0.4 is 4.74 Å². The molecule has 0 saturated heterocycles. The summed E-state index contributed by atoms with van der Waals surface area (Å²) in [7, 11) is 0. The van der Waals surface area contributed by atoms with Crippen LogP contribution in [0.3, 0.4) is 0 Å². The Morgan fingerprint density at radius 3 is 2.36 bits per heavy atom. The zero-order chi connectivity index (χ0) is 10.4. The van der Waals surface area contributed by atoms with Crippen LogP contribution >= 0.6 is 35.8 Å². The second kappa shape index (κ2) is 5.91.